The average Bonchev–Trinajstić information content (AvgIpc) is 2.64. The molecule has 0 heterocycles. The molecular weight excluding hydrogens is 300 g/mol. The van der Waals surface area contributed by atoms with Gasteiger partial charge >= 0.3 is 0 Å². The molecule has 1 aliphatic rings. The molecule has 0 aliphatic heterocycles. The van der Waals surface area contributed by atoms with Gasteiger partial charge in [-0.3, -0.25) is 4.79 Å². The molecule has 2 aromatic carbocycles. The first-order valence-electron chi connectivity index (χ1n) is 8.12. The molecule has 24 heavy (non-hydrogen) atoms. The molecule has 0 radical (unpaired) electrons. The number of allylic oxidation sites excluding steroid dienone is 1. The second-order valence-corrected chi connectivity index (χ2v) is 5.64. The Morgan fingerprint density at radius 1 is 0.958 bits per heavy atom. The zero-order valence-corrected chi connectivity index (χ0v) is 13.9. The Balaban J connectivity index is 2.06. The largest absolute Gasteiger partial charge is 0.410 e. The molecular formula is C20H20N2O2. The van der Waals surface area contributed by atoms with Gasteiger partial charge in [-0.25, -0.2) is 0 Å². The molecule has 0 spiro atoms. The van der Waals surface area contributed by atoms with Crippen LogP contribution in [0.1, 0.15) is 35.3 Å². The second-order valence-electron chi connectivity index (χ2n) is 5.64. The molecule has 0 unspecified atom stereocenters. The van der Waals surface area contributed by atoms with E-state index in [-0.39, 0.29) is 11.5 Å². The van der Waals surface area contributed by atoms with E-state index in [4.69, 9.17) is 5.21 Å². The van der Waals surface area contributed by atoms with Crippen molar-refractivity contribution in [2.24, 2.45) is 5.16 Å². The summed E-state index contributed by atoms with van der Waals surface area (Å²) in [6.45, 7) is 6.17. The van der Waals surface area contributed by atoms with Crippen LogP contribution in [-0.4, -0.2) is 29.8 Å². The van der Waals surface area contributed by atoms with Gasteiger partial charge in [-0.2, -0.15) is 0 Å². The third kappa shape index (κ3) is 2.71. The predicted molar refractivity (Wildman–Crippen MR) is 97.1 cm³/mol. The van der Waals surface area contributed by atoms with Crippen molar-refractivity contribution < 1.29 is 10.0 Å². The van der Waals surface area contributed by atoms with Crippen LogP contribution in [0, 0.1) is 0 Å². The summed E-state index contributed by atoms with van der Waals surface area (Å²) in [5.74, 6) is -0.253. The Kier molecular flexibility index (Phi) is 4.47. The monoisotopic (exact) mass is 320 g/mol. The molecule has 1 N–H and O–H groups in total. The number of Topliss-reactive ketones (excluding diaryl/α,β-unsaturated/α-hetero) is 1. The van der Waals surface area contributed by atoms with E-state index in [9.17, 15) is 4.79 Å². The van der Waals surface area contributed by atoms with Crippen molar-refractivity contribution in [3.8, 4) is 0 Å². The van der Waals surface area contributed by atoms with Gasteiger partial charge in [0.25, 0.3) is 0 Å². The number of anilines is 1. The Morgan fingerprint density at radius 2 is 1.58 bits per heavy atom. The van der Waals surface area contributed by atoms with Crippen molar-refractivity contribution in [3.63, 3.8) is 0 Å². The van der Waals surface area contributed by atoms with Crippen LogP contribution in [0.3, 0.4) is 0 Å². The summed E-state index contributed by atoms with van der Waals surface area (Å²) in [5, 5.41) is 12.3. The van der Waals surface area contributed by atoms with Gasteiger partial charge in [0, 0.05) is 24.3 Å². The maximum atomic E-state index is 12.3. The SMILES string of the molecule is CCN(CC)c1ccc(C2=CC(=NO)C(=O)c3ccccc32)cc1. The van der Waals surface area contributed by atoms with Crippen LogP contribution in [0.2, 0.25) is 0 Å². The zero-order chi connectivity index (χ0) is 17.1. The molecule has 0 aromatic heterocycles. The van der Waals surface area contributed by atoms with Gasteiger partial charge < -0.3 is 10.1 Å². The highest BCUT2D eigenvalue weighted by atomic mass is 16.4. The first kappa shape index (κ1) is 16.0. The summed E-state index contributed by atoms with van der Waals surface area (Å²) in [6, 6.07) is 15.7. The first-order valence-corrected chi connectivity index (χ1v) is 8.12. The van der Waals surface area contributed by atoms with E-state index in [1.807, 2.05) is 30.3 Å². The van der Waals surface area contributed by atoms with Gasteiger partial charge in [0.15, 0.2) is 5.71 Å². The standard InChI is InChI=1S/C20H20N2O2/c1-3-22(4-2)15-11-9-14(10-12-15)18-13-19(21-24)20(23)17-8-6-5-7-16(17)18/h5-13,24H,3-4H2,1-2H3. The van der Waals surface area contributed by atoms with Crippen molar-refractivity contribution in [1.82, 2.24) is 0 Å². The quantitative estimate of drug-likeness (QED) is 0.684. The molecule has 4 nitrogen and oxygen atoms in total. The summed E-state index contributed by atoms with van der Waals surface area (Å²) in [7, 11) is 0. The lowest BCUT2D eigenvalue weighted by Crippen LogP contribution is -2.21. The van der Waals surface area contributed by atoms with E-state index in [2.05, 4.69) is 36.0 Å². The number of carbonyl (C=O) groups is 1. The molecule has 0 saturated heterocycles. The number of hydrogen-bond donors (Lipinski definition) is 1. The van der Waals surface area contributed by atoms with Gasteiger partial charge in [0.2, 0.25) is 5.78 Å². The number of rotatable bonds is 4. The lowest BCUT2D eigenvalue weighted by atomic mass is 9.85. The lowest BCUT2D eigenvalue weighted by Gasteiger charge is -2.22. The predicted octanol–water partition coefficient (Wildman–Crippen LogP) is 3.99. The summed E-state index contributed by atoms with van der Waals surface area (Å²) >= 11 is 0. The highest BCUT2D eigenvalue weighted by molar-refractivity contribution is 6.53. The van der Waals surface area contributed by atoms with Crippen LogP contribution >= 0.6 is 0 Å². The number of nitrogens with zero attached hydrogens (tertiary/aromatic N) is 2. The topological polar surface area (TPSA) is 52.9 Å². The number of ketones is 1. The molecule has 4 heteroatoms. The third-order valence-electron chi connectivity index (χ3n) is 4.39. The van der Waals surface area contributed by atoms with Gasteiger partial charge in [-0.05, 0) is 48.8 Å². The molecule has 3 rings (SSSR count). The number of benzene rings is 2. The number of carbonyl (C=O) groups excluding carboxylic acids is 1. The van der Waals surface area contributed by atoms with Crippen LogP contribution in [0.15, 0.2) is 59.8 Å². The average molecular weight is 320 g/mol. The minimum atomic E-state index is -0.253. The Labute approximate surface area is 141 Å². The zero-order valence-electron chi connectivity index (χ0n) is 13.9. The van der Waals surface area contributed by atoms with Crippen molar-refractivity contribution in [2.75, 3.05) is 18.0 Å². The van der Waals surface area contributed by atoms with E-state index in [0.717, 1.165) is 29.8 Å². The Hall–Kier alpha value is -2.88. The minimum Gasteiger partial charge on any atom is -0.410 e. The molecule has 0 atom stereocenters. The highest BCUT2D eigenvalue weighted by Crippen LogP contribution is 2.31. The van der Waals surface area contributed by atoms with Gasteiger partial charge in [0.1, 0.15) is 0 Å². The lowest BCUT2D eigenvalue weighted by molar-refractivity contribution is 0.106. The Bertz CT molecular complexity index is 816. The van der Waals surface area contributed by atoms with Gasteiger partial charge in [-0.1, -0.05) is 41.6 Å². The van der Waals surface area contributed by atoms with Crippen molar-refractivity contribution in [1.29, 1.82) is 0 Å². The summed E-state index contributed by atoms with van der Waals surface area (Å²) in [5.41, 5.74) is 4.55. The van der Waals surface area contributed by atoms with Crippen LogP contribution < -0.4 is 4.90 Å². The highest BCUT2D eigenvalue weighted by Gasteiger charge is 2.25. The maximum absolute atomic E-state index is 12.3. The van der Waals surface area contributed by atoms with Gasteiger partial charge in [0.05, 0.1) is 0 Å². The van der Waals surface area contributed by atoms with E-state index in [1.165, 1.54) is 5.69 Å². The fraction of sp³-hybridized carbons (Fsp3) is 0.200. The van der Waals surface area contributed by atoms with Crippen LogP contribution in [0.5, 0.6) is 0 Å². The maximum Gasteiger partial charge on any atom is 0.215 e. The molecule has 122 valence electrons. The van der Waals surface area contributed by atoms with Crippen molar-refractivity contribution >= 4 is 22.8 Å². The smallest absolute Gasteiger partial charge is 0.215 e. The summed E-state index contributed by atoms with van der Waals surface area (Å²) in [6.07, 6.45) is 1.65. The van der Waals surface area contributed by atoms with E-state index < -0.39 is 0 Å². The fourth-order valence-corrected chi connectivity index (χ4v) is 3.09. The minimum absolute atomic E-state index is 0.0662. The molecule has 0 bridgehead atoms. The second kappa shape index (κ2) is 6.71. The molecule has 2 aromatic rings. The van der Waals surface area contributed by atoms with E-state index in [1.54, 1.807) is 12.1 Å². The molecule has 0 fully saturated rings. The van der Waals surface area contributed by atoms with Crippen LogP contribution in [-0.2, 0) is 0 Å². The van der Waals surface area contributed by atoms with Crippen LogP contribution in [0.4, 0.5) is 5.69 Å². The van der Waals surface area contributed by atoms with Crippen molar-refractivity contribution in [2.45, 2.75) is 13.8 Å². The molecule has 0 saturated carbocycles. The number of hydrogen-bond acceptors (Lipinski definition) is 4. The number of fused-ring (bicyclic) bond motifs is 1. The summed E-state index contributed by atoms with van der Waals surface area (Å²) < 4.78 is 0. The fourth-order valence-electron chi connectivity index (χ4n) is 3.09. The molecule has 0 amide bonds. The van der Waals surface area contributed by atoms with E-state index in [0.29, 0.717) is 5.56 Å². The van der Waals surface area contributed by atoms with Gasteiger partial charge in [-0.15, -0.1) is 0 Å². The normalized spacial score (nSPS) is 15.2. The van der Waals surface area contributed by atoms with E-state index >= 15 is 0 Å². The first-order chi connectivity index (χ1) is 11.7. The summed E-state index contributed by atoms with van der Waals surface area (Å²) in [4.78, 5) is 14.6. The van der Waals surface area contributed by atoms with Crippen LogP contribution in [0.25, 0.3) is 5.57 Å². The Morgan fingerprint density at radius 3 is 2.17 bits per heavy atom. The third-order valence-corrected chi connectivity index (χ3v) is 4.39. The van der Waals surface area contributed by atoms with Crippen molar-refractivity contribution in [3.05, 3.63) is 71.3 Å². The number of oxime groups is 1. The molecule has 1 aliphatic carbocycles.